The Bertz CT molecular complexity index is 1180. The van der Waals surface area contributed by atoms with Crippen LogP contribution >= 0.6 is 0 Å². The molecule has 0 aromatic heterocycles. The van der Waals surface area contributed by atoms with Crippen LogP contribution in [0.15, 0.2) is 53.9 Å². The normalized spacial score (nSPS) is 12.5. The molecule has 13 heteroatoms. The van der Waals surface area contributed by atoms with E-state index in [1.807, 2.05) is 4.72 Å². The molecule has 2 aromatic rings. The van der Waals surface area contributed by atoms with Gasteiger partial charge in [-0.15, -0.1) is 0 Å². The van der Waals surface area contributed by atoms with Crippen molar-refractivity contribution in [2.24, 2.45) is 0 Å². The smallest absolute Gasteiger partial charge is 0.462 e. The van der Waals surface area contributed by atoms with E-state index < -0.39 is 42.9 Å². The molecule has 0 spiro atoms. The maximum Gasteiger partial charge on any atom is 0.516 e. The summed E-state index contributed by atoms with van der Waals surface area (Å²) in [6.45, 7) is 1.50. The summed E-state index contributed by atoms with van der Waals surface area (Å²) in [7, 11) is -10.1. The minimum atomic E-state index is -5.85. The Kier molecular flexibility index (Phi) is 7.33. The number of halogens is 3. The molecule has 0 atom stereocenters. The molecule has 0 saturated heterocycles. The first-order valence-corrected chi connectivity index (χ1v) is 11.5. The van der Waals surface area contributed by atoms with Crippen molar-refractivity contribution in [2.75, 3.05) is 16.1 Å². The van der Waals surface area contributed by atoms with Crippen molar-refractivity contribution in [1.29, 1.82) is 0 Å². The van der Waals surface area contributed by atoms with E-state index in [9.17, 15) is 34.8 Å². The van der Waals surface area contributed by atoms with E-state index in [0.717, 1.165) is 23.6 Å². The van der Waals surface area contributed by atoms with E-state index in [1.165, 1.54) is 17.7 Å². The van der Waals surface area contributed by atoms with Gasteiger partial charge in [-0.1, -0.05) is 30.3 Å². The van der Waals surface area contributed by atoms with Crippen molar-refractivity contribution in [3.8, 4) is 0 Å². The van der Waals surface area contributed by atoms with Crippen LogP contribution in [0, 0.1) is 0 Å². The van der Waals surface area contributed by atoms with Gasteiger partial charge in [-0.2, -0.15) is 21.6 Å². The van der Waals surface area contributed by atoms with Crippen LogP contribution in [-0.4, -0.2) is 34.9 Å². The van der Waals surface area contributed by atoms with Gasteiger partial charge in [0.25, 0.3) is 10.0 Å². The van der Waals surface area contributed by atoms with Crippen LogP contribution in [0.3, 0.4) is 0 Å². The first-order chi connectivity index (χ1) is 14.3. The van der Waals surface area contributed by atoms with Gasteiger partial charge in [0.05, 0.1) is 29.0 Å². The van der Waals surface area contributed by atoms with Crippen LogP contribution in [0.25, 0.3) is 6.08 Å². The summed E-state index contributed by atoms with van der Waals surface area (Å²) in [4.78, 5) is 11.9. The number of hydrogen-bond acceptors (Lipinski definition) is 6. The lowest BCUT2D eigenvalue weighted by Gasteiger charge is -2.15. The van der Waals surface area contributed by atoms with Gasteiger partial charge in [-0.25, -0.2) is 13.2 Å². The molecule has 168 valence electrons. The molecule has 31 heavy (non-hydrogen) atoms. The predicted molar refractivity (Wildman–Crippen MR) is 109 cm³/mol. The minimum Gasteiger partial charge on any atom is -0.462 e. The van der Waals surface area contributed by atoms with Gasteiger partial charge in [0, 0.05) is 0 Å². The van der Waals surface area contributed by atoms with Crippen molar-refractivity contribution in [3.05, 3.63) is 65.1 Å². The highest BCUT2D eigenvalue weighted by molar-refractivity contribution is 7.95. The fraction of sp³-hybridized carbons (Fsp3) is 0.167. The van der Waals surface area contributed by atoms with Gasteiger partial charge in [-0.3, -0.25) is 9.44 Å². The van der Waals surface area contributed by atoms with Gasteiger partial charge in [0.2, 0.25) is 0 Å². The SMILES string of the molecule is CCOC(=O)c1ccc(NS(=O)(=O)C(F)(F)F)c(NS(=O)(=O)/C=C/c2ccccc2)c1. The summed E-state index contributed by atoms with van der Waals surface area (Å²) in [5.74, 6) is -0.881. The Morgan fingerprint density at radius 1 is 1.00 bits per heavy atom. The number of benzene rings is 2. The molecule has 2 N–H and O–H groups in total. The second-order valence-electron chi connectivity index (χ2n) is 5.89. The Labute approximate surface area is 176 Å². The fourth-order valence-corrected chi connectivity index (χ4v) is 3.64. The fourth-order valence-electron chi connectivity index (χ4n) is 2.18. The Morgan fingerprint density at radius 3 is 2.23 bits per heavy atom. The first-order valence-electron chi connectivity index (χ1n) is 8.51. The highest BCUT2D eigenvalue weighted by Crippen LogP contribution is 2.31. The molecule has 0 aliphatic heterocycles. The quantitative estimate of drug-likeness (QED) is 0.561. The van der Waals surface area contributed by atoms with Gasteiger partial charge in [0.1, 0.15) is 0 Å². The third kappa shape index (κ3) is 6.72. The zero-order valence-corrected chi connectivity index (χ0v) is 17.5. The van der Waals surface area contributed by atoms with E-state index in [1.54, 1.807) is 30.3 Å². The lowest BCUT2D eigenvalue weighted by Crippen LogP contribution is -2.30. The third-order valence-corrected chi connectivity index (χ3v) is 5.67. The Morgan fingerprint density at radius 2 is 1.65 bits per heavy atom. The van der Waals surface area contributed by atoms with Crippen molar-refractivity contribution in [2.45, 2.75) is 12.4 Å². The van der Waals surface area contributed by atoms with Crippen LogP contribution in [0.5, 0.6) is 0 Å². The lowest BCUT2D eigenvalue weighted by atomic mass is 10.2. The van der Waals surface area contributed by atoms with E-state index in [0.29, 0.717) is 5.56 Å². The summed E-state index contributed by atoms with van der Waals surface area (Å²) in [6, 6.07) is 10.9. The molecular weight excluding hydrogens is 461 g/mol. The van der Waals surface area contributed by atoms with E-state index >= 15 is 0 Å². The van der Waals surface area contributed by atoms with Gasteiger partial charge >= 0.3 is 21.5 Å². The van der Waals surface area contributed by atoms with Crippen molar-refractivity contribution < 1.29 is 39.5 Å². The highest BCUT2D eigenvalue weighted by Gasteiger charge is 2.46. The predicted octanol–water partition coefficient (Wildman–Crippen LogP) is 3.54. The summed E-state index contributed by atoms with van der Waals surface area (Å²) < 4.78 is 93.8. The number of ether oxygens (including phenoxy) is 1. The number of esters is 1. The van der Waals surface area contributed by atoms with E-state index in [-0.39, 0.29) is 12.2 Å². The molecular formula is C18H17F3N2O6S2. The van der Waals surface area contributed by atoms with Crippen molar-refractivity contribution >= 4 is 43.5 Å². The van der Waals surface area contributed by atoms with Crippen LogP contribution in [-0.2, 0) is 24.8 Å². The number of rotatable bonds is 8. The molecule has 8 nitrogen and oxygen atoms in total. The second-order valence-corrected chi connectivity index (χ2v) is 9.13. The number of anilines is 2. The molecule has 0 radical (unpaired) electrons. The largest absolute Gasteiger partial charge is 0.516 e. The zero-order chi connectivity index (χ0) is 23.3. The maximum atomic E-state index is 12.7. The average molecular weight is 478 g/mol. The first kappa shape index (κ1) is 24.2. The molecule has 0 aliphatic carbocycles. The highest BCUT2D eigenvalue weighted by atomic mass is 32.2. The molecule has 0 heterocycles. The molecule has 0 amide bonds. The van der Waals surface area contributed by atoms with Crippen LogP contribution < -0.4 is 9.44 Å². The summed E-state index contributed by atoms with van der Waals surface area (Å²) >= 11 is 0. The van der Waals surface area contributed by atoms with E-state index in [2.05, 4.69) is 0 Å². The zero-order valence-electron chi connectivity index (χ0n) is 15.9. The monoisotopic (exact) mass is 478 g/mol. The van der Waals surface area contributed by atoms with Crippen molar-refractivity contribution in [1.82, 2.24) is 0 Å². The maximum absolute atomic E-state index is 12.7. The van der Waals surface area contributed by atoms with Gasteiger partial charge in [0.15, 0.2) is 0 Å². The number of hydrogen-bond donors (Lipinski definition) is 2. The summed E-state index contributed by atoms with van der Waals surface area (Å²) in [6.07, 6.45) is 1.22. The molecule has 2 rings (SSSR count). The minimum absolute atomic E-state index is 0.0117. The van der Waals surface area contributed by atoms with E-state index in [4.69, 9.17) is 4.74 Å². The standard InChI is InChI=1S/C18H17F3N2O6S2/c1-2-29-17(24)14-8-9-15(23-31(27,28)18(19,20)21)16(12-14)22-30(25,26)11-10-13-6-4-3-5-7-13/h3-12,22-23H,2H2,1H3/b11-10+. The Balaban J connectivity index is 2.44. The molecule has 0 unspecified atom stereocenters. The third-order valence-electron chi connectivity index (χ3n) is 3.57. The summed E-state index contributed by atoms with van der Waals surface area (Å²) in [5, 5.41) is 0.738. The topological polar surface area (TPSA) is 119 Å². The number of alkyl halides is 3. The molecule has 0 saturated carbocycles. The average Bonchev–Trinajstić information content (AvgIpc) is 2.67. The molecule has 0 aliphatic rings. The molecule has 2 aromatic carbocycles. The molecule has 0 bridgehead atoms. The van der Waals surface area contributed by atoms with Crippen LogP contribution in [0.2, 0.25) is 0 Å². The summed E-state index contributed by atoms with van der Waals surface area (Å²) in [5.41, 5.74) is -6.67. The van der Waals surface area contributed by atoms with Crippen molar-refractivity contribution in [3.63, 3.8) is 0 Å². The van der Waals surface area contributed by atoms with Gasteiger partial charge < -0.3 is 4.74 Å². The van der Waals surface area contributed by atoms with Gasteiger partial charge in [-0.05, 0) is 36.8 Å². The Hall–Kier alpha value is -3.06. The van der Waals surface area contributed by atoms with Crippen LogP contribution in [0.1, 0.15) is 22.8 Å². The second kappa shape index (κ2) is 9.39. The number of sulfonamides is 2. The lowest BCUT2D eigenvalue weighted by molar-refractivity contribution is -0.0429. The molecule has 0 fully saturated rings. The van der Waals surface area contributed by atoms with Crippen LogP contribution in [0.4, 0.5) is 24.5 Å². The number of nitrogens with one attached hydrogen (secondary N) is 2. The number of carbonyl (C=O) groups is 1. The number of carbonyl (C=O) groups excluding carboxylic acids is 1.